The van der Waals surface area contributed by atoms with Gasteiger partial charge in [0.1, 0.15) is 5.60 Å². The van der Waals surface area contributed by atoms with Crippen LogP contribution in [0.4, 0.5) is 18.9 Å². The zero-order valence-corrected chi connectivity index (χ0v) is 19.3. The van der Waals surface area contributed by atoms with E-state index in [4.69, 9.17) is 4.74 Å². The quantitative estimate of drug-likeness (QED) is 0.356. The molecule has 0 bridgehead atoms. The lowest BCUT2D eigenvalue weighted by molar-refractivity contribution is -0.220. The van der Waals surface area contributed by atoms with Crippen LogP contribution in [0.5, 0.6) is 0 Å². The summed E-state index contributed by atoms with van der Waals surface area (Å²) >= 11 is 0. The number of benzene rings is 1. The third-order valence-electron chi connectivity index (χ3n) is 7.36. The average Bonchev–Trinajstić information content (AvgIpc) is 3.67. The number of anilines is 1. The highest BCUT2D eigenvalue weighted by molar-refractivity contribution is 5.88. The van der Waals surface area contributed by atoms with Gasteiger partial charge in [-0.1, -0.05) is 31.0 Å². The van der Waals surface area contributed by atoms with Crippen molar-refractivity contribution in [1.82, 2.24) is 10.4 Å². The van der Waals surface area contributed by atoms with Crippen LogP contribution in [0.15, 0.2) is 30.3 Å². The summed E-state index contributed by atoms with van der Waals surface area (Å²) in [5, 5.41) is 9.31. The number of para-hydroxylation sites is 1. The number of hydrogen-bond acceptors (Lipinski definition) is 6. The van der Waals surface area contributed by atoms with E-state index in [0.717, 1.165) is 18.5 Å². The second-order valence-corrected chi connectivity index (χ2v) is 9.80. The fraction of sp³-hybridized carbons (Fsp3) is 0.625. The standard InChI is InChI=1S/C24H30F3N3O5/c25-24(26,27)22(33)35-23(14-16-6-7-16)9-8-18(19(15-23)20(31)28-34)21(32)30-12-10-29(11-13-30)17-4-2-1-3-5-17/h1-5,16,18-19,34H,6-15H2,(H,28,31)/t18-,19-,23+/m0/s1. The average molecular weight is 498 g/mol. The molecule has 0 radical (unpaired) electrons. The minimum absolute atomic E-state index is 0.0565. The molecule has 1 aromatic carbocycles. The second kappa shape index (κ2) is 10.0. The van der Waals surface area contributed by atoms with Gasteiger partial charge in [0, 0.05) is 31.9 Å². The Hall–Kier alpha value is -2.82. The Bertz CT molecular complexity index is 932. The zero-order valence-electron chi connectivity index (χ0n) is 19.3. The van der Waals surface area contributed by atoms with Crippen molar-refractivity contribution in [2.75, 3.05) is 31.1 Å². The molecular formula is C24H30F3N3O5. The number of piperazine rings is 1. The van der Waals surface area contributed by atoms with Crippen molar-refractivity contribution in [1.29, 1.82) is 0 Å². The van der Waals surface area contributed by atoms with Gasteiger partial charge in [-0.05, 0) is 43.7 Å². The number of amides is 2. The fourth-order valence-electron chi connectivity index (χ4n) is 5.40. The van der Waals surface area contributed by atoms with Gasteiger partial charge in [-0.25, -0.2) is 10.3 Å². The molecule has 2 amide bonds. The van der Waals surface area contributed by atoms with Crippen LogP contribution in [0, 0.1) is 17.8 Å². The molecule has 1 heterocycles. The third-order valence-corrected chi connectivity index (χ3v) is 7.36. The van der Waals surface area contributed by atoms with Crippen LogP contribution in [-0.4, -0.2) is 65.8 Å². The normalized spacial score (nSPS) is 27.3. The van der Waals surface area contributed by atoms with E-state index in [1.807, 2.05) is 30.3 Å². The maximum absolute atomic E-state index is 13.4. The van der Waals surface area contributed by atoms with Crippen LogP contribution in [0.1, 0.15) is 38.5 Å². The van der Waals surface area contributed by atoms with Gasteiger partial charge in [0.05, 0.1) is 11.8 Å². The topological polar surface area (TPSA) is 99.2 Å². The van der Waals surface area contributed by atoms with Crippen molar-refractivity contribution in [2.45, 2.75) is 50.3 Å². The van der Waals surface area contributed by atoms with Gasteiger partial charge < -0.3 is 14.5 Å². The van der Waals surface area contributed by atoms with Gasteiger partial charge in [-0.3, -0.25) is 14.8 Å². The van der Waals surface area contributed by atoms with Gasteiger partial charge in [-0.15, -0.1) is 0 Å². The first-order valence-electron chi connectivity index (χ1n) is 11.9. The van der Waals surface area contributed by atoms with E-state index >= 15 is 0 Å². The molecule has 2 N–H and O–H groups in total. The van der Waals surface area contributed by atoms with Crippen LogP contribution in [0.25, 0.3) is 0 Å². The second-order valence-electron chi connectivity index (χ2n) is 9.80. The number of halogens is 3. The van der Waals surface area contributed by atoms with Crippen molar-refractivity contribution in [2.24, 2.45) is 17.8 Å². The Balaban J connectivity index is 1.47. The molecule has 3 atom stereocenters. The number of alkyl halides is 3. The summed E-state index contributed by atoms with van der Waals surface area (Å²) in [6, 6.07) is 9.77. The summed E-state index contributed by atoms with van der Waals surface area (Å²) in [6.45, 7) is 2.09. The molecule has 1 aromatic rings. The Morgan fingerprint density at radius 3 is 2.26 bits per heavy atom. The molecule has 1 aliphatic heterocycles. The van der Waals surface area contributed by atoms with E-state index in [0.29, 0.717) is 26.2 Å². The van der Waals surface area contributed by atoms with Gasteiger partial charge >= 0.3 is 12.1 Å². The van der Waals surface area contributed by atoms with Crippen molar-refractivity contribution >= 4 is 23.5 Å². The lowest BCUT2D eigenvalue weighted by Crippen LogP contribution is -2.55. The fourth-order valence-corrected chi connectivity index (χ4v) is 5.40. The Kier molecular flexibility index (Phi) is 7.25. The molecule has 4 rings (SSSR count). The predicted molar refractivity (Wildman–Crippen MR) is 118 cm³/mol. The van der Waals surface area contributed by atoms with Crippen LogP contribution >= 0.6 is 0 Å². The largest absolute Gasteiger partial charge is 0.490 e. The van der Waals surface area contributed by atoms with Crippen molar-refractivity contribution in [3.63, 3.8) is 0 Å². The first-order chi connectivity index (χ1) is 16.6. The smallest absolute Gasteiger partial charge is 0.452 e. The van der Waals surface area contributed by atoms with Crippen LogP contribution in [0.2, 0.25) is 0 Å². The Labute approximate surface area is 201 Å². The number of nitrogens with zero attached hydrogens (tertiary/aromatic N) is 2. The van der Waals surface area contributed by atoms with Crippen LogP contribution < -0.4 is 10.4 Å². The number of hydrogen-bond donors (Lipinski definition) is 2. The molecular weight excluding hydrogens is 467 g/mol. The van der Waals surface area contributed by atoms with E-state index in [1.54, 1.807) is 10.4 Å². The summed E-state index contributed by atoms with van der Waals surface area (Å²) < 4.78 is 44.0. The number of rotatable bonds is 6. The summed E-state index contributed by atoms with van der Waals surface area (Å²) in [6.07, 6.45) is -3.41. The molecule has 0 unspecified atom stereocenters. The van der Waals surface area contributed by atoms with Gasteiger partial charge in [-0.2, -0.15) is 13.2 Å². The monoisotopic (exact) mass is 497 g/mol. The van der Waals surface area contributed by atoms with E-state index in [9.17, 15) is 32.8 Å². The molecule has 192 valence electrons. The summed E-state index contributed by atoms with van der Waals surface area (Å²) in [5.41, 5.74) is 1.12. The molecule has 2 saturated carbocycles. The van der Waals surface area contributed by atoms with E-state index in [-0.39, 0.29) is 37.5 Å². The van der Waals surface area contributed by atoms with E-state index in [2.05, 4.69) is 4.90 Å². The molecule has 2 aliphatic carbocycles. The molecule has 11 heteroatoms. The van der Waals surface area contributed by atoms with Gasteiger partial charge in [0.15, 0.2) is 0 Å². The molecule has 1 saturated heterocycles. The highest BCUT2D eigenvalue weighted by Gasteiger charge is 2.54. The van der Waals surface area contributed by atoms with Crippen LogP contribution in [-0.2, 0) is 19.1 Å². The first kappa shape index (κ1) is 25.3. The molecule has 35 heavy (non-hydrogen) atoms. The molecule has 0 aromatic heterocycles. The number of carbonyl (C=O) groups is 3. The zero-order chi connectivity index (χ0) is 25.2. The maximum atomic E-state index is 13.4. The summed E-state index contributed by atoms with van der Waals surface area (Å²) in [7, 11) is 0. The number of carbonyl (C=O) groups excluding carboxylic acids is 3. The molecule has 0 spiro atoms. The first-order valence-corrected chi connectivity index (χ1v) is 11.9. The number of nitrogens with one attached hydrogen (secondary N) is 1. The van der Waals surface area contributed by atoms with E-state index in [1.165, 1.54) is 0 Å². The van der Waals surface area contributed by atoms with Crippen molar-refractivity contribution in [3.05, 3.63) is 30.3 Å². The minimum atomic E-state index is -5.16. The lowest BCUT2D eigenvalue weighted by atomic mass is 9.68. The summed E-state index contributed by atoms with van der Waals surface area (Å²) in [4.78, 5) is 41.5. The third kappa shape index (κ3) is 5.88. The SMILES string of the molecule is O=C(NO)[C@H]1C[C@@](CC2CC2)(OC(=O)C(F)(F)F)CC[C@@H]1C(=O)N1CCN(c2ccccc2)CC1. The number of esters is 1. The minimum Gasteiger partial charge on any atom is -0.452 e. The Morgan fingerprint density at radius 1 is 1.03 bits per heavy atom. The molecule has 3 fully saturated rings. The number of ether oxygens (including phenoxy) is 1. The summed E-state index contributed by atoms with van der Waals surface area (Å²) in [5.74, 6) is -5.21. The van der Waals surface area contributed by atoms with Crippen molar-refractivity contribution < 1.29 is 37.5 Å². The van der Waals surface area contributed by atoms with E-state index < -0.39 is 35.5 Å². The highest BCUT2D eigenvalue weighted by atomic mass is 19.4. The van der Waals surface area contributed by atoms with Gasteiger partial charge in [0.25, 0.3) is 0 Å². The lowest BCUT2D eigenvalue weighted by Gasteiger charge is -2.45. The molecule has 3 aliphatic rings. The van der Waals surface area contributed by atoms with Crippen molar-refractivity contribution in [3.8, 4) is 0 Å². The van der Waals surface area contributed by atoms with Gasteiger partial charge in [0.2, 0.25) is 11.8 Å². The Morgan fingerprint density at radius 2 is 1.69 bits per heavy atom. The number of hydroxylamine groups is 1. The molecule has 8 nitrogen and oxygen atoms in total. The highest BCUT2D eigenvalue weighted by Crippen LogP contribution is 2.48. The maximum Gasteiger partial charge on any atom is 0.490 e. The van der Waals surface area contributed by atoms with Crippen LogP contribution in [0.3, 0.4) is 0 Å². The predicted octanol–water partition coefficient (Wildman–Crippen LogP) is 2.90.